The third kappa shape index (κ3) is 5.02. The molecule has 0 saturated carbocycles. The van der Waals surface area contributed by atoms with Gasteiger partial charge in [0.1, 0.15) is 11.5 Å². The molecule has 0 bridgehead atoms. The Labute approximate surface area is 118 Å². The van der Waals surface area contributed by atoms with Crippen LogP contribution in [0.1, 0.15) is 12.5 Å². The van der Waals surface area contributed by atoms with Crippen molar-refractivity contribution in [2.75, 3.05) is 20.8 Å². The first kappa shape index (κ1) is 15.6. The summed E-state index contributed by atoms with van der Waals surface area (Å²) in [5, 5.41) is 11.3. The predicted octanol–water partition coefficient (Wildman–Crippen LogP) is 1.99. The Bertz CT molecular complexity index is 510. The molecule has 0 aromatic heterocycles. The molecule has 1 rings (SSSR count). The molecule has 0 fully saturated rings. The SMILES string of the molecule is COc1cc(/C=C/C(=O)NC[C@@H](C)C#N)cc(OC)c1. The molecule has 0 heterocycles. The Hall–Kier alpha value is -2.48. The molecule has 0 unspecified atom stereocenters. The van der Waals surface area contributed by atoms with Crippen molar-refractivity contribution < 1.29 is 14.3 Å². The molecule has 1 atom stereocenters. The highest BCUT2D eigenvalue weighted by Gasteiger charge is 2.02. The van der Waals surface area contributed by atoms with Crippen molar-refractivity contribution in [3.63, 3.8) is 0 Å². The van der Waals surface area contributed by atoms with E-state index in [9.17, 15) is 4.79 Å². The predicted molar refractivity (Wildman–Crippen MR) is 76.4 cm³/mol. The van der Waals surface area contributed by atoms with Crippen LogP contribution < -0.4 is 14.8 Å². The van der Waals surface area contributed by atoms with Crippen molar-refractivity contribution >= 4 is 12.0 Å². The molecule has 0 spiro atoms. The lowest BCUT2D eigenvalue weighted by Crippen LogP contribution is -2.25. The minimum absolute atomic E-state index is 0.204. The van der Waals surface area contributed by atoms with Gasteiger partial charge in [0.15, 0.2) is 0 Å². The summed E-state index contributed by atoms with van der Waals surface area (Å²) < 4.78 is 10.3. The van der Waals surface area contributed by atoms with Crippen molar-refractivity contribution in [2.24, 2.45) is 5.92 Å². The first-order chi connectivity index (χ1) is 9.58. The largest absolute Gasteiger partial charge is 0.497 e. The van der Waals surface area contributed by atoms with E-state index < -0.39 is 0 Å². The lowest BCUT2D eigenvalue weighted by molar-refractivity contribution is -0.116. The van der Waals surface area contributed by atoms with Crippen LogP contribution >= 0.6 is 0 Å². The van der Waals surface area contributed by atoms with Gasteiger partial charge < -0.3 is 14.8 Å². The normalized spacial score (nSPS) is 11.7. The minimum atomic E-state index is -0.242. The van der Waals surface area contributed by atoms with Crippen molar-refractivity contribution in [1.82, 2.24) is 5.32 Å². The van der Waals surface area contributed by atoms with Gasteiger partial charge in [0, 0.05) is 18.7 Å². The van der Waals surface area contributed by atoms with Crippen LogP contribution in [0.2, 0.25) is 0 Å². The molecule has 106 valence electrons. The topological polar surface area (TPSA) is 71.3 Å². The van der Waals surface area contributed by atoms with Crippen LogP contribution in [0.4, 0.5) is 0 Å². The smallest absolute Gasteiger partial charge is 0.244 e. The van der Waals surface area contributed by atoms with Crippen molar-refractivity contribution in [2.45, 2.75) is 6.92 Å². The molecule has 0 radical (unpaired) electrons. The third-order valence-electron chi connectivity index (χ3n) is 2.60. The Morgan fingerprint density at radius 3 is 2.45 bits per heavy atom. The Morgan fingerprint density at radius 2 is 1.95 bits per heavy atom. The first-order valence-corrected chi connectivity index (χ1v) is 6.17. The molecule has 5 heteroatoms. The number of carbonyl (C=O) groups is 1. The summed E-state index contributed by atoms with van der Waals surface area (Å²) in [4.78, 5) is 11.6. The molecule has 0 aliphatic heterocycles. The second kappa shape index (κ2) is 7.85. The van der Waals surface area contributed by atoms with Crippen LogP contribution in [0, 0.1) is 17.2 Å². The van der Waals surface area contributed by atoms with Crippen LogP contribution in [0.15, 0.2) is 24.3 Å². The molecule has 5 nitrogen and oxygen atoms in total. The number of nitriles is 1. The Balaban J connectivity index is 2.70. The zero-order chi connectivity index (χ0) is 15.0. The second-order valence-corrected chi connectivity index (χ2v) is 4.25. The molecule has 1 aromatic carbocycles. The molecular weight excluding hydrogens is 256 g/mol. The minimum Gasteiger partial charge on any atom is -0.497 e. The summed E-state index contributed by atoms with van der Waals surface area (Å²) in [6.07, 6.45) is 3.08. The maximum Gasteiger partial charge on any atom is 0.244 e. The third-order valence-corrected chi connectivity index (χ3v) is 2.60. The first-order valence-electron chi connectivity index (χ1n) is 6.17. The number of carbonyl (C=O) groups excluding carboxylic acids is 1. The summed E-state index contributed by atoms with van der Waals surface area (Å²) in [5.41, 5.74) is 0.796. The molecule has 0 saturated heterocycles. The van der Waals surface area contributed by atoms with E-state index in [1.54, 1.807) is 45.4 Å². The quantitative estimate of drug-likeness (QED) is 0.805. The van der Waals surface area contributed by atoms with E-state index in [0.29, 0.717) is 18.0 Å². The van der Waals surface area contributed by atoms with E-state index in [-0.39, 0.29) is 11.8 Å². The average Bonchev–Trinajstić information content (AvgIpc) is 2.49. The lowest BCUT2D eigenvalue weighted by Gasteiger charge is -2.06. The number of benzene rings is 1. The summed E-state index contributed by atoms with van der Waals surface area (Å²) in [6.45, 7) is 2.08. The maximum absolute atomic E-state index is 11.6. The second-order valence-electron chi connectivity index (χ2n) is 4.25. The Kier molecular flexibility index (Phi) is 6.11. The van der Waals surface area contributed by atoms with Gasteiger partial charge in [-0.2, -0.15) is 5.26 Å². The standard InChI is InChI=1S/C15H18N2O3/c1-11(9-16)10-17-15(18)5-4-12-6-13(19-2)8-14(7-12)20-3/h4-8,11H,10H2,1-3H3,(H,17,18)/b5-4+/t11-/m0/s1. The van der Waals surface area contributed by atoms with E-state index >= 15 is 0 Å². The van der Waals surface area contributed by atoms with Crippen molar-refractivity contribution in [3.8, 4) is 17.6 Å². The summed E-state index contributed by atoms with van der Waals surface area (Å²) in [5.74, 6) is 0.864. The molecule has 1 aromatic rings. The number of ether oxygens (including phenoxy) is 2. The fourth-order valence-corrected chi connectivity index (χ4v) is 1.46. The van der Waals surface area contributed by atoms with Crippen LogP contribution in [0.3, 0.4) is 0 Å². The van der Waals surface area contributed by atoms with E-state index in [1.807, 2.05) is 0 Å². The van der Waals surface area contributed by atoms with Gasteiger partial charge in [-0.05, 0) is 30.7 Å². The van der Waals surface area contributed by atoms with Crippen LogP contribution in [-0.2, 0) is 4.79 Å². The van der Waals surface area contributed by atoms with Gasteiger partial charge in [-0.1, -0.05) is 0 Å². The van der Waals surface area contributed by atoms with Gasteiger partial charge in [-0.15, -0.1) is 0 Å². The molecular formula is C15H18N2O3. The molecule has 1 amide bonds. The van der Waals surface area contributed by atoms with Gasteiger partial charge in [0.25, 0.3) is 0 Å². The van der Waals surface area contributed by atoms with Gasteiger partial charge >= 0.3 is 0 Å². The average molecular weight is 274 g/mol. The van der Waals surface area contributed by atoms with Gasteiger partial charge in [0.05, 0.1) is 26.2 Å². The lowest BCUT2D eigenvalue weighted by atomic mass is 10.2. The van der Waals surface area contributed by atoms with E-state index in [0.717, 1.165) is 5.56 Å². The molecule has 0 aliphatic carbocycles. The summed E-state index contributed by atoms with van der Waals surface area (Å²) >= 11 is 0. The van der Waals surface area contributed by atoms with E-state index in [4.69, 9.17) is 14.7 Å². The zero-order valence-corrected chi connectivity index (χ0v) is 11.8. The van der Waals surface area contributed by atoms with Gasteiger partial charge in [0.2, 0.25) is 5.91 Å². The summed E-state index contributed by atoms with van der Waals surface area (Å²) in [7, 11) is 3.14. The number of hydrogen-bond acceptors (Lipinski definition) is 4. The monoisotopic (exact) mass is 274 g/mol. The van der Waals surface area contributed by atoms with Crippen LogP contribution in [0.5, 0.6) is 11.5 Å². The fourth-order valence-electron chi connectivity index (χ4n) is 1.46. The number of nitrogens with zero attached hydrogens (tertiary/aromatic N) is 1. The fraction of sp³-hybridized carbons (Fsp3) is 0.333. The molecule has 1 N–H and O–H groups in total. The number of hydrogen-bond donors (Lipinski definition) is 1. The zero-order valence-electron chi connectivity index (χ0n) is 11.8. The molecule has 20 heavy (non-hydrogen) atoms. The van der Waals surface area contributed by atoms with E-state index in [2.05, 4.69) is 11.4 Å². The van der Waals surface area contributed by atoms with E-state index in [1.165, 1.54) is 6.08 Å². The van der Waals surface area contributed by atoms with Crippen LogP contribution in [0.25, 0.3) is 6.08 Å². The highest BCUT2D eigenvalue weighted by Crippen LogP contribution is 2.23. The molecule has 0 aliphatic rings. The summed E-state index contributed by atoms with van der Waals surface area (Å²) in [6, 6.07) is 7.40. The number of rotatable bonds is 6. The number of methoxy groups -OCH3 is 2. The number of nitrogens with one attached hydrogen (secondary N) is 1. The van der Waals surface area contributed by atoms with Gasteiger partial charge in [-0.25, -0.2) is 0 Å². The number of amides is 1. The van der Waals surface area contributed by atoms with Crippen LogP contribution in [-0.4, -0.2) is 26.7 Å². The highest BCUT2D eigenvalue weighted by atomic mass is 16.5. The van der Waals surface area contributed by atoms with Gasteiger partial charge in [-0.3, -0.25) is 4.79 Å². The maximum atomic E-state index is 11.6. The Morgan fingerprint density at radius 1 is 1.35 bits per heavy atom. The van der Waals surface area contributed by atoms with Crippen molar-refractivity contribution in [1.29, 1.82) is 5.26 Å². The van der Waals surface area contributed by atoms with Crippen molar-refractivity contribution in [3.05, 3.63) is 29.8 Å². The highest BCUT2D eigenvalue weighted by molar-refractivity contribution is 5.91.